The number of aromatic nitrogens is 3. The number of carbonyl (C=O) groups excluding carboxylic acids is 1. The maximum absolute atomic E-state index is 13.2. The molecular formula is C24H29N5O2. The second-order valence-electron chi connectivity index (χ2n) is 8.97. The van der Waals surface area contributed by atoms with Crippen molar-refractivity contribution in [2.75, 3.05) is 24.5 Å². The van der Waals surface area contributed by atoms with Crippen LogP contribution in [-0.2, 0) is 6.54 Å². The van der Waals surface area contributed by atoms with Gasteiger partial charge in [0.25, 0.3) is 11.5 Å². The Bertz CT molecular complexity index is 1050. The van der Waals surface area contributed by atoms with Gasteiger partial charge in [0, 0.05) is 44.0 Å². The van der Waals surface area contributed by atoms with Crippen LogP contribution in [0.15, 0.2) is 47.2 Å². The van der Waals surface area contributed by atoms with Crippen molar-refractivity contribution >= 4 is 11.7 Å². The molecule has 0 spiro atoms. The Morgan fingerprint density at radius 2 is 2.10 bits per heavy atom. The predicted molar refractivity (Wildman–Crippen MR) is 119 cm³/mol. The second-order valence-corrected chi connectivity index (χ2v) is 8.97. The lowest BCUT2D eigenvalue weighted by Crippen LogP contribution is -2.48. The van der Waals surface area contributed by atoms with Crippen molar-refractivity contribution < 1.29 is 4.79 Å². The minimum Gasteiger partial charge on any atom is -0.356 e. The quantitative estimate of drug-likeness (QED) is 0.754. The van der Waals surface area contributed by atoms with Gasteiger partial charge in [0.1, 0.15) is 17.7 Å². The van der Waals surface area contributed by atoms with Crippen LogP contribution in [0.1, 0.15) is 60.5 Å². The third-order valence-corrected chi connectivity index (χ3v) is 6.86. The van der Waals surface area contributed by atoms with Crippen LogP contribution in [0.3, 0.4) is 0 Å². The molecule has 31 heavy (non-hydrogen) atoms. The summed E-state index contributed by atoms with van der Waals surface area (Å²) in [4.78, 5) is 36.6. The van der Waals surface area contributed by atoms with E-state index in [-0.39, 0.29) is 22.9 Å². The number of pyridine rings is 1. The largest absolute Gasteiger partial charge is 0.356 e. The standard InChI is InChI=1S/C24H29N5O2/c30-23(26-11-8-17-4-2-1-3-5-17)20-6-7-21-19-12-18(14-29(21)24(20)31)13-28(15-19)22-9-10-25-16-27-22/h4,6-7,9-10,16,18-19H,1-3,5,8,11-15H2,(H,26,30)/t18-,19+/m0/s1. The van der Waals surface area contributed by atoms with Crippen molar-refractivity contribution in [1.82, 2.24) is 19.9 Å². The van der Waals surface area contributed by atoms with Crippen molar-refractivity contribution in [3.05, 3.63) is 64.0 Å². The third kappa shape index (κ3) is 4.13. The van der Waals surface area contributed by atoms with Gasteiger partial charge in [-0.25, -0.2) is 9.97 Å². The van der Waals surface area contributed by atoms with Crippen LogP contribution < -0.4 is 15.8 Å². The first-order chi connectivity index (χ1) is 15.2. The number of amides is 1. The Labute approximate surface area is 182 Å². The van der Waals surface area contributed by atoms with E-state index in [2.05, 4.69) is 26.3 Å². The molecule has 1 amide bonds. The molecule has 2 aromatic heterocycles. The SMILES string of the molecule is O=C(NCCC1=CCCCC1)c1ccc2n(c1=O)C[C@H]1C[C@@H]2CN(c2ccncn2)C1. The molecule has 5 rings (SSSR count). The number of allylic oxidation sites excluding steroid dienone is 1. The van der Waals surface area contributed by atoms with Gasteiger partial charge < -0.3 is 14.8 Å². The lowest BCUT2D eigenvalue weighted by molar-refractivity contribution is 0.0951. The van der Waals surface area contributed by atoms with Crippen LogP contribution in [0.25, 0.3) is 0 Å². The van der Waals surface area contributed by atoms with Gasteiger partial charge in [-0.15, -0.1) is 0 Å². The first-order valence-electron chi connectivity index (χ1n) is 11.4. The Kier molecular flexibility index (Phi) is 5.57. The van der Waals surface area contributed by atoms with E-state index in [4.69, 9.17) is 0 Å². The zero-order chi connectivity index (χ0) is 21.2. The molecule has 7 heteroatoms. The molecule has 2 atom stereocenters. The fourth-order valence-electron chi connectivity index (χ4n) is 5.34. The summed E-state index contributed by atoms with van der Waals surface area (Å²) < 4.78 is 1.84. The summed E-state index contributed by atoms with van der Waals surface area (Å²) in [5.41, 5.74) is 2.56. The maximum Gasteiger partial charge on any atom is 0.263 e. The number of hydrogen-bond donors (Lipinski definition) is 1. The molecule has 1 fully saturated rings. The molecule has 2 bridgehead atoms. The number of hydrogen-bond acceptors (Lipinski definition) is 5. The molecule has 4 heterocycles. The average molecular weight is 420 g/mol. The number of anilines is 1. The Hall–Kier alpha value is -2.96. The van der Waals surface area contributed by atoms with E-state index < -0.39 is 0 Å². The molecule has 7 nitrogen and oxygen atoms in total. The molecule has 1 saturated heterocycles. The highest BCUT2D eigenvalue weighted by Gasteiger charge is 2.35. The van der Waals surface area contributed by atoms with Crippen LogP contribution in [-0.4, -0.2) is 40.1 Å². The number of fused-ring (bicyclic) bond motifs is 4. The van der Waals surface area contributed by atoms with E-state index in [1.807, 2.05) is 16.7 Å². The molecule has 0 radical (unpaired) electrons. The molecule has 2 aromatic rings. The molecule has 1 aliphatic carbocycles. The normalized spacial score (nSPS) is 22.5. The molecule has 0 saturated carbocycles. The lowest BCUT2D eigenvalue weighted by Gasteiger charge is -2.43. The number of nitrogens with zero attached hydrogens (tertiary/aromatic N) is 4. The molecule has 1 N–H and O–H groups in total. The summed E-state index contributed by atoms with van der Waals surface area (Å²) in [6.07, 6.45) is 12.4. The molecule has 0 aromatic carbocycles. The molecule has 2 aliphatic heterocycles. The number of nitrogens with one attached hydrogen (secondary N) is 1. The van der Waals surface area contributed by atoms with E-state index in [0.29, 0.717) is 19.0 Å². The fourth-order valence-corrected chi connectivity index (χ4v) is 5.34. The fraction of sp³-hybridized carbons (Fsp3) is 0.500. The van der Waals surface area contributed by atoms with E-state index >= 15 is 0 Å². The Balaban J connectivity index is 1.29. The Morgan fingerprint density at radius 1 is 1.16 bits per heavy atom. The van der Waals surface area contributed by atoms with E-state index in [9.17, 15) is 9.59 Å². The van der Waals surface area contributed by atoms with Gasteiger partial charge in [0.15, 0.2) is 0 Å². The van der Waals surface area contributed by atoms with Crippen molar-refractivity contribution in [3.63, 3.8) is 0 Å². The second kappa shape index (κ2) is 8.65. The summed E-state index contributed by atoms with van der Waals surface area (Å²) in [5, 5.41) is 2.96. The van der Waals surface area contributed by atoms with Crippen LogP contribution in [0, 0.1) is 5.92 Å². The summed E-state index contributed by atoms with van der Waals surface area (Å²) in [6, 6.07) is 5.63. The van der Waals surface area contributed by atoms with Gasteiger partial charge in [-0.3, -0.25) is 9.59 Å². The van der Waals surface area contributed by atoms with Crippen molar-refractivity contribution in [1.29, 1.82) is 0 Å². The molecule has 0 unspecified atom stereocenters. The highest BCUT2D eigenvalue weighted by Crippen LogP contribution is 2.36. The van der Waals surface area contributed by atoms with Crippen molar-refractivity contribution in [3.8, 4) is 0 Å². The highest BCUT2D eigenvalue weighted by molar-refractivity contribution is 5.93. The third-order valence-electron chi connectivity index (χ3n) is 6.86. The van der Waals surface area contributed by atoms with Gasteiger partial charge in [-0.05, 0) is 62.6 Å². The zero-order valence-electron chi connectivity index (χ0n) is 17.8. The first kappa shape index (κ1) is 20.0. The summed E-state index contributed by atoms with van der Waals surface area (Å²) in [5.74, 6) is 1.32. The number of rotatable bonds is 5. The maximum atomic E-state index is 13.2. The van der Waals surface area contributed by atoms with Gasteiger partial charge in [-0.1, -0.05) is 11.6 Å². The van der Waals surface area contributed by atoms with E-state index in [1.54, 1.807) is 18.6 Å². The van der Waals surface area contributed by atoms with Crippen molar-refractivity contribution in [2.45, 2.75) is 51.0 Å². The van der Waals surface area contributed by atoms with Crippen LogP contribution in [0.4, 0.5) is 5.82 Å². The molecule has 162 valence electrons. The van der Waals surface area contributed by atoms with E-state index in [0.717, 1.165) is 50.3 Å². The minimum atomic E-state index is -0.255. The van der Waals surface area contributed by atoms with Crippen molar-refractivity contribution in [2.24, 2.45) is 5.92 Å². The number of piperidine rings is 1. The number of carbonyl (C=O) groups is 1. The van der Waals surface area contributed by atoms with Crippen LogP contribution in [0.2, 0.25) is 0 Å². The molecular weight excluding hydrogens is 390 g/mol. The van der Waals surface area contributed by atoms with Crippen LogP contribution >= 0.6 is 0 Å². The molecule has 3 aliphatic rings. The van der Waals surface area contributed by atoms with Crippen LogP contribution in [0.5, 0.6) is 0 Å². The van der Waals surface area contributed by atoms with Gasteiger partial charge >= 0.3 is 0 Å². The summed E-state index contributed by atoms with van der Waals surface area (Å²) in [6.45, 7) is 2.93. The topological polar surface area (TPSA) is 80.1 Å². The Morgan fingerprint density at radius 3 is 2.90 bits per heavy atom. The summed E-state index contributed by atoms with van der Waals surface area (Å²) >= 11 is 0. The summed E-state index contributed by atoms with van der Waals surface area (Å²) in [7, 11) is 0. The van der Waals surface area contributed by atoms with E-state index in [1.165, 1.54) is 18.4 Å². The zero-order valence-corrected chi connectivity index (χ0v) is 17.8. The smallest absolute Gasteiger partial charge is 0.263 e. The first-order valence-corrected chi connectivity index (χ1v) is 11.4. The predicted octanol–water partition coefficient (Wildman–Crippen LogP) is 2.88. The monoisotopic (exact) mass is 419 g/mol. The van der Waals surface area contributed by atoms with Gasteiger partial charge in [0.2, 0.25) is 0 Å². The minimum absolute atomic E-state index is 0.155. The van der Waals surface area contributed by atoms with Gasteiger partial charge in [-0.2, -0.15) is 0 Å². The lowest BCUT2D eigenvalue weighted by atomic mass is 9.83. The van der Waals surface area contributed by atoms with Gasteiger partial charge in [0.05, 0.1) is 0 Å². The average Bonchev–Trinajstić information content (AvgIpc) is 2.81. The highest BCUT2D eigenvalue weighted by atomic mass is 16.2.